The number of aromatic nitrogens is 4. The molecule has 1 aliphatic heterocycles. The molecule has 0 atom stereocenters. The zero-order chi connectivity index (χ0) is 14.8. The molecular weight excluding hydrogens is 280 g/mol. The molecule has 1 saturated heterocycles. The van der Waals surface area contributed by atoms with Crippen LogP contribution in [0.5, 0.6) is 0 Å². The minimum Gasteiger partial charge on any atom is -0.369 e. The van der Waals surface area contributed by atoms with E-state index in [1.54, 1.807) is 6.33 Å². The van der Waals surface area contributed by atoms with Crippen molar-refractivity contribution < 1.29 is 4.52 Å². The molecule has 0 N–H and O–H groups in total. The van der Waals surface area contributed by atoms with Crippen LogP contribution in [-0.4, -0.2) is 51.2 Å². The molecule has 0 aliphatic carbocycles. The molecule has 4 rings (SSSR count). The van der Waals surface area contributed by atoms with Crippen molar-refractivity contribution >= 4 is 16.6 Å². The van der Waals surface area contributed by atoms with E-state index in [0.717, 1.165) is 49.5 Å². The molecule has 0 bridgehead atoms. The number of nitrogens with zero attached hydrogens (tertiary/aromatic N) is 6. The van der Waals surface area contributed by atoms with Crippen molar-refractivity contribution in [3.8, 4) is 0 Å². The first-order valence-corrected chi connectivity index (χ1v) is 7.31. The van der Waals surface area contributed by atoms with Crippen molar-refractivity contribution in [1.29, 1.82) is 0 Å². The predicted octanol–water partition coefficient (Wildman–Crippen LogP) is 1.33. The van der Waals surface area contributed by atoms with Gasteiger partial charge in [0.1, 0.15) is 6.33 Å². The number of piperazine rings is 1. The summed E-state index contributed by atoms with van der Waals surface area (Å²) in [4.78, 5) is 17.2. The van der Waals surface area contributed by atoms with Gasteiger partial charge < -0.3 is 9.42 Å². The van der Waals surface area contributed by atoms with Crippen molar-refractivity contribution in [3.05, 3.63) is 42.9 Å². The van der Waals surface area contributed by atoms with E-state index in [4.69, 9.17) is 4.52 Å². The van der Waals surface area contributed by atoms with Crippen LogP contribution < -0.4 is 4.90 Å². The van der Waals surface area contributed by atoms with Gasteiger partial charge in [-0.15, -0.1) is 0 Å². The monoisotopic (exact) mass is 296 g/mol. The summed E-state index contributed by atoms with van der Waals surface area (Å²) in [7, 11) is 0. The number of anilines is 1. The van der Waals surface area contributed by atoms with Crippen molar-refractivity contribution in [2.24, 2.45) is 0 Å². The van der Waals surface area contributed by atoms with Crippen molar-refractivity contribution in [1.82, 2.24) is 25.0 Å². The zero-order valence-corrected chi connectivity index (χ0v) is 12.1. The summed E-state index contributed by atoms with van der Waals surface area (Å²) in [5.74, 6) is 0.747. The first-order chi connectivity index (χ1) is 10.9. The standard InChI is InChI=1S/C15H16N6O/c1-2-14-12(8-16-10-17-14)7-13(1)21-5-3-20(4-6-21)9-15-18-11-22-19-15/h1-2,7-8,10-11H,3-6,9H2. The number of hydrogen-bond acceptors (Lipinski definition) is 7. The average Bonchev–Trinajstić information content (AvgIpc) is 3.08. The van der Waals surface area contributed by atoms with E-state index < -0.39 is 0 Å². The third kappa shape index (κ3) is 2.62. The Morgan fingerprint density at radius 3 is 2.82 bits per heavy atom. The summed E-state index contributed by atoms with van der Waals surface area (Å²) in [6.45, 7) is 4.68. The van der Waals surface area contributed by atoms with Crippen LogP contribution >= 0.6 is 0 Å². The number of hydrogen-bond donors (Lipinski definition) is 0. The summed E-state index contributed by atoms with van der Waals surface area (Å²) in [6, 6.07) is 6.34. The fourth-order valence-electron chi connectivity index (χ4n) is 2.80. The van der Waals surface area contributed by atoms with Crippen molar-refractivity contribution in [2.75, 3.05) is 31.1 Å². The minimum atomic E-state index is 0.746. The molecule has 3 heterocycles. The second-order valence-electron chi connectivity index (χ2n) is 5.38. The van der Waals surface area contributed by atoms with Crippen LogP contribution in [0.25, 0.3) is 10.9 Å². The highest BCUT2D eigenvalue weighted by molar-refractivity contribution is 5.81. The van der Waals surface area contributed by atoms with Crippen LogP contribution in [0.15, 0.2) is 41.6 Å². The van der Waals surface area contributed by atoms with Crippen LogP contribution in [-0.2, 0) is 6.54 Å². The molecule has 1 fully saturated rings. The molecule has 0 unspecified atom stereocenters. The molecule has 7 nitrogen and oxygen atoms in total. The zero-order valence-electron chi connectivity index (χ0n) is 12.1. The van der Waals surface area contributed by atoms with Gasteiger partial charge in [0.15, 0.2) is 5.82 Å². The van der Waals surface area contributed by atoms with Gasteiger partial charge in [0.05, 0.1) is 12.1 Å². The predicted molar refractivity (Wildman–Crippen MR) is 81.3 cm³/mol. The fraction of sp³-hybridized carbons (Fsp3) is 0.333. The highest BCUT2D eigenvalue weighted by Crippen LogP contribution is 2.21. The lowest BCUT2D eigenvalue weighted by molar-refractivity contribution is 0.240. The van der Waals surface area contributed by atoms with Gasteiger partial charge in [-0.2, -0.15) is 4.98 Å². The molecule has 3 aromatic rings. The highest BCUT2D eigenvalue weighted by Gasteiger charge is 2.18. The third-order valence-electron chi connectivity index (χ3n) is 4.00. The fourth-order valence-corrected chi connectivity index (χ4v) is 2.80. The molecule has 112 valence electrons. The average molecular weight is 296 g/mol. The molecule has 1 aliphatic rings. The lowest BCUT2D eigenvalue weighted by Gasteiger charge is -2.35. The quantitative estimate of drug-likeness (QED) is 0.722. The lowest BCUT2D eigenvalue weighted by Crippen LogP contribution is -2.46. The second-order valence-corrected chi connectivity index (χ2v) is 5.38. The lowest BCUT2D eigenvalue weighted by atomic mass is 10.2. The van der Waals surface area contributed by atoms with Crippen LogP contribution in [0, 0.1) is 0 Å². The van der Waals surface area contributed by atoms with Gasteiger partial charge in [0.2, 0.25) is 6.39 Å². The van der Waals surface area contributed by atoms with Gasteiger partial charge in [-0.1, -0.05) is 5.16 Å². The maximum atomic E-state index is 4.78. The Bertz CT molecular complexity index is 752. The Morgan fingerprint density at radius 2 is 2.00 bits per heavy atom. The maximum Gasteiger partial charge on any atom is 0.213 e. The number of rotatable bonds is 3. The Hall–Kier alpha value is -2.54. The highest BCUT2D eigenvalue weighted by atomic mass is 16.5. The van der Waals surface area contributed by atoms with E-state index in [2.05, 4.69) is 48.1 Å². The Balaban J connectivity index is 1.43. The minimum absolute atomic E-state index is 0.746. The van der Waals surface area contributed by atoms with Crippen LogP contribution in [0.2, 0.25) is 0 Å². The van der Waals surface area contributed by atoms with Gasteiger partial charge in [0.25, 0.3) is 0 Å². The molecule has 0 radical (unpaired) electrons. The van der Waals surface area contributed by atoms with E-state index in [0.29, 0.717) is 0 Å². The molecule has 0 spiro atoms. The van der Waals surface area contributed by atoms with Gasteiger partial charge in [0, 0.05) is 43.4 Å². The SMILES string of the molecule is c1ncc2cc(N3CCN(Cc4ncon4)CC3)ccc2n1. The normalized spacial score (nSPS) is 16.3. The van der Waals surface area contributed by atoms with Gasteiger partial charge in [-0.05, 0) is 18.2 Å². The summed E-state index contributed by atoms with van der Waals surface area (Å²) < 4.78 is 4.78. The van der Waals surface area contributed by atoms with Crippen molar-refractivity contribution in [2.45, 2.75) is 6.54 Å². The Labute approximate surface area is 127 Å². The first-order valence-electron chi connectivity index (χ1n) is 7.31. The van der Waals surface area contributed by atoms with Crippen LogP contribution in [0.3, 0.4) is 0 Å². The Morgan fingerprint density at radius 1 is 1.09 bits per heavy atom. The molecular formula is C15H16N6O. The molecule has 2 aromatic heterocycles. The summed E-state index contributed by atoms with van der Waals surface area (Å²) in [6.07, 6.45) is 4.82. The van der Waals surface area contributed by atoms with Gasteiger partial charge in [-0.25, -0.2) is 9.97 Å². The maximum absolute atomic E-state index is 4.78. The molecule has 22 heavy (non-hydrogen) atoms. The second kappa shape index (κ2) is 5.69. The van der Waals surface area contributed by atoms with Gasteiger partial charge >= 0.3 is 0 Å². The number of fused-ring (bicyclic) bond motifs is 1. The van der Waals surface area contributed by atoms with Crippen LogP contribution in [0.4, 0.5) is 5.69 Å². The van der Waals surface area contributed by atoms with E-state index in [9.17, 15) is 0 Å². The van der Waals surface area contributed by atoms with E-state index in [-0.39, 0.29) is 0 Å². The smallest absolute Gasteiger partial charge is 0.213 e. The third-order valence-corrected chi connectivity index (χ3v) is 4.00. The van der Waals surface area contributed by atoms with E-state index >= 15 is 0 Å². The molecule has 1 aromatic carbocycles. The summed E-state index contributed by atoms with van der Waals surface area (Å²) in [5, 5.41) is 4.94. The Kier molecular flexibility index (Phi) is 3.40. The van der Waals surface area contributed by atoms with E-state index in [1.807, 2.05) is 6.20 Å². The largest absolute Gasteiger partial charge is 0.369 e. The topological polar surface area (TPSA) is 71.2 Å². The van der Waals surface area contributed by atoms with Crippen molar-refractivity contribution in [3.63, 3.8) is 0 Å². The molecule has 7 heteroatoms. The molecule has 0 saturated carbocycles. The van der Waals surface area contributed by atoms with Gasteiger partial charge in [-0.3, -0.25) is 4.90 Å². The molecule has 0 amide bonds. The first kappa shape index (κ1) is 13.1. The van der Waals surface area contributed by atoms with E-state index in [1.165, 1.54) is 12.1 Å². The summed E-state index contributed by atoms with van der Waals surface area (Å²) in [5.41, 5.74) is 2.20. The number of benzene rings is 1. The summed E-state index contributed by atoms with van der Waals surface area (Å²) >= 11 is 0. The van der Waals surface area contributed by atoms with Crippen LogP contribution in [0.1, 0.15) is 5.82 Å².